The van der Waals surface area contributed by atoms with E-state index in [9.17, 15) is 0 Å². The molecule has 4 nitrogen and oxygen atoms in total. The van der Waals surface area contributed by atoms with Crippen molar-refractivity contribution < 1.29 is 0 Å². The molecule has 1 aromatic carbocycles. The van der Waals surface area contributed by atoms with Crippen molar-refractivity contribution in [3.63, 3.8) is 0 Å². The fourth-order valence-electron chi connectivity index (χ4n) is 1.30. The van der Waals surface area contributed by atoms with Gasteiger partial charge in [0.2, 0.25) is 5.13 Å². The first-order chi connectivity index (χ1) is 8.83. The minimum atomic E-state index is -0.825. The van der Waals surface area contributed by atoms with Crippen LogP contribution >= 0.6 is 11.3 Å². The van der Waals surface area contributed by atoms with Crippen LogP contribution in [0.25, 0.3) is 11.3 Å². The minimum Gasteiger partial charge on any atom is -0.230 e. The summed E-state index contributed by atoms with van der Waals surface area (Å²) in [7, 11) is 0. The Morgan fingerprint density at radius 1 is 1.22 bits per heavy atom. The number of thiazole rings is 1. The van der Waals surface area contributed by atoms with Crippen molar-refractivity contribution in [3.8, 4) is 23.4 Å². The molecule has 0 atom stereocenters. The predicted octanol–water partition coefficient (Wildman–Crippen LogP) is 3.18. The summed E-state index contributed by atoms with van der Waals surface area (Å²) in [5.74, 6) is -0.825. The van der Waals surface area contributed by atoms with Gasteiger partial charge in [-0.25, -0.2) is 9.98 Å². The van der Waals surface area contributed by atoms with Crippen LogP contribution < -0.4 is 0 Å². The molecule has 2 rings (SSSR count). The normalized spacial score (nSPS) is 10.4. The molecule has 18 heavy (non-hydrogen) atoms. The number of rotatable bonds is 3. The van der Waals surface area contributed by atoms with Crippen molar-refractivity contribution >= 4 is 22.7 Å². The first kappa shape index (κ1) is 12.0. The number of hydrogen-bond donors (Lipinski definition) is 0. The summed E-state index contributed by atoms with van der Waals surface area (Å²) in [6.07, 6.45) is 1.31. The third kappa shape index (κ3) is 2.79. The Hall–Kier alpha value is -2.50. The second-order valence-corrected chi connectivity index (χ2v) is 4.23. The lowest BCUT2D eigenvalue weighted by molar-refractivity contribution is 1.17. The lowest BCUT2D eigenvalue weighted by Crippen LogP contribution is -1.92. The fourth-order valence-corrected chi connectivity index (χ4v) is 1.98. The van der Waals surface area contributed by atoms with Crippen LogP contribution in [-0.2, 0) is 0 Å². The van der Waals surface area contributed by atoms with Crippen LogP contribution in [0.1, 0.15) is 0 Å². The van der Waals surface area contributed by atoms with Gasteiger partial charge in [-0.3, -0.25) is 0 Å². The summed E-state index contributed by atoms with van der Waals surface area (Å²) in [5, 5.41) is 19.7. The lowest BCUT2D eigenvalue weighted by Gasteiger charge is -1.93. The van der Waals surface area contributed by atoms with Crippen molar-refractivity contribution in [1.29, 1.82) is 10.5 Å². The molecule has 0 unspecified atom stereocenters. The minimum absolute atomic E-state index is 0.546. The number of nitriles is 2. The molecule has 0 saturated carbocycles. The summed E-state index contributed by atoms with van der Waals surface area (Å²) in [6, 6.07) is 13.4. The lowest BCUT2D eigenvalue weighted by atomic mass is 10.2. The zero-order valence-electron chi connectivity index (χ0n) is 9.32. The molecule has 0 aliphatic heterocycles. The van der Waals surface area contributed by atoms with E-state index >= 15 is 0 Å². The monoisotopic (exact) mass is 252 g/mol. The van der Waals surface area contributed by atoms with Crippen molar-refractivity contribution in [2.75, 3.05) is 0 Å². The van der Waals surface area contributed by atoms with E-state index in [0.717, 1.165) is 11.3 Å². The molecule has 0 amide bonds. The van der Waals surface area contributed by atoms with Gasteiger partial charge in [0, 0.05) is 17.2 Å². The van der Waals surface area contributed by atoms with Gasteiger partial charge in [-0.2, -0.15) is 10.5 Å². The van der Waals surface area contributed by atoms with Crippen LogP contribution in [0.15, 0.2) is 40.7 Å². The Balaban J connectivity index is 2.18. The first-order valence-electron chi connectivity index (χ1n) is 5.18. The van der Waals surface area contributed by atoms with Crippen molar-refractivity contribution in [1.82, 2.24) is 4.98 Å². The van der Waals surface area contributed by atoms with E-state index in [1.54, 1.807) is 0 Å². The third-order valence-electron chi connectivity index (χ3n) is 2.17. The molecular weight excluding hydrogens is 244 g/mol. The number of aliphatic imine (C=N–C) groups is 1. The Bertz CT molecular complexity index is 617. The number of nitrogens with zero attached hydrogens (tertiary/aromatic N) is 4. The molecule has 0 radical (unpaired) electrons. The average molecular weight is 252 g/mol. The summed E-state index contributed by atoms with van der Waals surface area (Å²) < 4.78 is 0. The van der Waals surface area contributed by atoms with Crippen molar-refractivity contribution in [2.24, 2.45) is 10.9 Å². The number of benzene rings is 1. The van der Waals surface area contributed by atoms with Crippen LogP contribution in [-0.4, -0.2) is 11.2 Å². The Morgan fingerprint density at radius 2 is 1.94 bits per heavy atom. The molecule has 0 aliphatic rings. The molecular formula is C13H8N4S. The van der Waals surface area contributed by atoms with Gasteiger partial charge < -0.3 is 0 Å². The molecule has 1 aromatic heterocycles. The van der Waals surface area contributed by atoms with Gasteiger partial charge in [-0.15, -0.1) is 11.3 Å². The van der Waals surface area contributed by atoms with Crippen LogP contribution in [0.2, 0.25) is 0 Å². The fraction of sp³-hybridized carbons (Fsp3) is 0.0769. The second-order valence-electron chi connectivity index (χ2n) is 3.40. The summed E-state index contributed by atoms with van der Waals surface area (Å²) in [5.41, 5.74) is 1.87. The molecule has 0 fully saturated rings. The van der Waals surface area contributed by atoms with Gasteiger partial charge in [-0.05, 0) is 0 Å². The Morgan fingerprint density at radius 3 is 2.61 bits per heavy atom. The van der Waals surface area contributed by atoms with Crippen LogP contribution in [0.5, 0.6) is 0 Å². The Labute approximate surface area is 108 Å². The molecule has 1 heterocycles. The van der Waals surface area contributed by atoms with E-state index in [1.807, 2.05) is 47.9 Å². The zero-order valence-corrected chi connectivity index (χ0v) is 10.1. The molecule has 86 valence electrons. The van der Waals surface area contributed by atoms with Gasteiger partial charge in [0.05, 0.1) is 17.8 Å². The summed E-state index contributed by atoms with van der Waals surface area (Å²) in [4.78, 5) is 8.35. The molecule has 0 N–H and O–H groups in total. The van der Waals surface area contributed by atoms with Crippen molar-refractivity contribution in [3.05, 3.63) is 35.7 Å². The van der Waals surface area contributed by atoms with Crippen LogP contribution in [0.3, 0.4) is 0 Å². The SMILES string of the molecule is N#CC(C#N)C=Nc1nc(-c2ccccc2)cs1. The van der Waals surface area contributed by atoms with Crippen LogP contribution in [0, 0.1) is 28.6 Å². The highest BCUT2D eigenvalue weighted by atomic mass is 32.1. The standard InChI is InChI=1S/C13H8N4S/c14-6-10(7-15)8-16-13-17-12(9-18-13)11-4-2-1-3-5-11/h1-5,8-10H. The van der Waals surface area contributed by atoms with E-state index in [0.29, 0.717) is 5.13 Å². The van der Waals surface area contributed by atoms with Gasteiger partial charge in [-0.1, -0.05) is 30.3 Å². The quantitative estimate of drug-likeness (QED) is 0.787. The average Bonchev–Trinajstić information content (AvgIpc) is 2.90. The largest absolute Gasteiger partial charge is 0.230 e. The topological polar surface area (TPSA) is 72.8 Å². The van der Waals surface area contributed by atoms with E-state index in [2.05, 4.69) is 9.98 Å². The van der Waals surface area contributed by atoms with Gasteiger partial charge in [0.1, 0.15) is 0 Å². The van der Waals surface area contributed by atoms with E-state index in [-0.39, 0.29) is 0 Å². The molecule has 2 aromatic rings. The zero-order chi connectivity index (χ0) is 12.8. The third-order valence-corrected chi connectivity index (χ3v) is 2.92. The molecule has 0 bridgehead atoms. The predicted molar refractivity (Wildman–Crippen MR) is 70.4 cm³/mol. The molecule has 0 saturated heterocycles. The molecule has 0 aliphatic carbocycles. The maximum absolute atomic E-state index is 8.61. The molecule has 5 heteroatoms. The number of aromatic nitrogens is 1. The number of hydrogen-bond acceptors (Lipinski definition) is 5. The highest BCUT2D eigenvalue weighted by molar-refractivity contribution is 7.13. The molecule has 0 spiro atoms. The highest BCUT2D eigenvalue weighted by Gasteiger charge is 2.04. The van der Waals surface area contributed by atoms with Gasteiger partial charge in [0.25, 0.3) is 0 Å². The van der Waals surface area contributed by atoms with E-state index < -0.39 is 5.92 Å². The maximum atomic E-state index is 8.61. The van der Waals surface area contributed by atoms with E-state index in [1.165, 1.54) is 17.6 Å². The van der Waals surface area contributed by atoms with Crippen molar-refractivity contribution in [2.45, 2.75) is 0 Å². The van der Waals surface area contributed by atoms with Gasteiger partial charge >= 0.3 is 0 Å². The highest BCUT2D eigenvalue weighted by Crippen LogP contribution is 2.26. The second kappa shape index (κ2) is 5.72. The Kier molecular flexibility index (Phi) is 3.80. The summed E-state index contributed by atoms with van der Waals surface area (Å²) >= 11 is 1.38. The van der Waals surface area contributed by atoms with Crippen LogP contribution in [0.4, 0.5) is 5.13 Å². The van der Waals surface area contributed by atoms with Gasteiger partial charge in [0.15, 0.2) is 5.92 Å². The summed E-state index contributed by atoms with van der Waals surface area (Å²) in [6.45, 7) is 0. The smallest absolute Gasteiger partial charge is 0.209 e. The first-order valence-corrected chi connectivity index (χ1v) is 6.06. The van der Waals surface area contributed by atoms with E-state index in [4.69, 9.17) is 10.5 Å². The maximum Gasteiger partial charge on any atom is 0.209 e.